The van der Waals surface area contributed by atoms with Crippen LogP contribution in [0.5, 0.6) is 0 Å². The van der Waals surface area contributed by atoms with Crippen LogP contribution in [0.2, 0.25) is 0 Å². The summed E-state index contributed by atoms with van der Waals surface area (Å²) >= 11 is 4.94. The SMILES string of the molecule is CCCNc1ncc([N+](=O)[O-])c(NCc2cc(Br)cs2)n1. The molecule has 2 rings (SSSR count). The van der Waals surface area contributed by atoms with Crippen LogP contribution in [0.25, 0.3) is 0 Å². The molecular formula is C12H14BrN5O2S. The number of anilines is 2. The Labute approximate surface area is 134 Å². The molecular weight excluding hydrogens is 358 g/mol. The maximum atomic E-state index is 11.0. The smallest absolute Gasteiger partial charge is 0.329 e. The highest BCUT2D eigenvalue weighted by Gasteiger charge is 2.17. The zero-order valence-corrected chi connectivity index (χ0v) is 13.7. The Morgan fingerprint density at radius 2 is 2.29 bits per heavy atom. The molecule has 0 saturated carbocycles. The van der Waals surface area contributed by atoms with Gasteiger partial charge in [0.05, 0.1) is 11.5 Å². The van der Waals surface area contributed by atoms with Crippen LogP contribution in [0.1, 0.15) is 18.2 Å². The van der Waals surface area contributed by atoms with E-state index in [9.17, 15) is 10.1 Å². The Balaban J connectivity index is 2.15. The summed E-state index contributed by atoms with van der Waals surface area (Å²) in [4.78, 5) is 19.7. The summed E-state index contributed by atoms with van der Waals surface area (Å²) in [6, 6.07) is 1.96. The van der Waals surface area contributed by atoms with Gasteiger partial charge in [0.1, 0.15) is 6.20 Å². The number of aromatic nitrogens is 2. The van der Waals surface area contributed by atoms with E-state index in [4.69, 9.17) is 0 Å². The summed E-state index contributed by atoms with van der Waals surface area (Å²) in [6.45, 7) is 3.21. The summed E-state index contributed by atoms with van der Waals surface area (Å²) < 4.78 is 0.992. The molecule has 0 aliphatic rings. The highest BCUT2D eigenvalue weighted by molar-refractivity contribution is 9.10. The van der Waals surface area contributed by atoms with Crippen molar-refractivity contribution in [3.05, 3.63) is 37.1 Å². The molecule has 0 aromatic carbocycles. The number of rotatable bonds is 7. The summed E-state index contributed by atoms with van der Waals surface area (Å²) in [5.41, 5.74) is -0.132. The van der Waals surface area contributed by atoms with Gasteiger partial charge in [0.2, 0.25) is 11.8 Å². The van der Waals surface area contributed by atoms with Crippen LogP contribution >= 0.6 is 27.3 Å². The van der Waals surface area contributed by atoms with Gasteiger partial charge in [-0.1, -0.05) is 6.92 Å². The molecule has 0 unspecified atom stereocenters. The maximum Gasteiger partial charge on any atom is 0.329 e. The van der Waals surface area contributed by atoms with Gasteiger partial charge in [0.15, 0.2) is 0 Å². The molecule has 0 radical (unpaired) electrons. The summed E-state index contributed by atoms with van der Waals surface area (Å²) in [7, 11) is 0. The van der Waals surface area contributed by atoms with Gasteiger partial charge in [-0.25, -0.2) is 4.98 Å². The van der Waals surface area contributed by atoms with Crippen molar-refractivity contribution in [1.82, 2.24) is 9.97 Å². The number of nitrogens with zero attached hydrogens (tertiary/aromatic N) is 3. The van der Waals surface area contributed by atoms with E-state index < -0.39 is 4.92 Å². The summed E-state index contributed by atoms with van der Waals surface area (Å²) in [5, 5.41) is 19.0. The van der Waals surface area contributed by atoms with Gasteiger partial charge in [-0.3, -0.25) is 10.1 Å². The normalized spacial score (nSPS) is 10.4. The molecule has 2 N–H and O–H groups in total. The number of nitro groups is 1. The molecule has 112 valence electrons. The van der Waals surface area contributed by atoms with Crippen LogP contribution in [-0.4, -0.2) is 21.4 Å². The van der Waals surface area contributed by atoms with Gasteiger partial charge < -0.3 is 10.6 Å². The average molecular weight is 372 g/mol. The molecule has 7 nitrogen and oxygen atoms in total. The first-order valence-electron chi connectivity index (χ1n) is 6.32. The number of hydrogen-bond donors (Lipinski definition) is 2. The Morgan fingerprint density at radius 1 is 1.48 bits per heavy atom. The quantitative estimate of drug-likeness (QED) is 0.569. The van der Waals surface area contributed by atoms with Gasteiger partial charge in [-0.2, -0.15) is 4.98 Å². The van der Waals surface area contributed by atoms with E-state index in [1.54, 1.807) is 11.3 Å². The second kappa shape index (κ2) is 7.32. The molecule has 0 fully saturated rings. The van der Waals surface area contributed by atoms with Crippen molar-refractivity contribution in [1.29, 1.82) is 0 Å². The van der Waals surface area contributed by atoms with Crippen LogP contribution in [0.15, 0.2) is 22.1 Å². The monoisotopic (exact) mass is 371 g/mol. The first-order chi connectivity index (χ1) is 10.1. The van der Waals surface area contributed by atoms with Gasteiger partial charge >= 0.3 is 5.69 Å². The average Bonchev–Trinajstić information content (AvgIpc) is 2.88. The first-order valence-corrected chi connectivity index (χ1v) is 7.99. The van der Waals surface area contributed by atoms with Crippen molar-refractivity contribution < 1.29 is 4.92 Å². The molecule has 0 atom stereocenters. The number of halogens is 1. The first kappa shape index (κ1) is 15.6. The van der Waals surface area contributed by atoms with Crippen molar-refractivity contribution >= 4 is 44.7 Å². The predicted molar refractivity (Wildman–Crippen MR) is 86.8 cm³/mol. The molecule has 2 aromatic heterocycles. The van der Waals surface area contributed by atoms with E-state index in [0.717, 1.165) is 22.3 Å². The zero-order valence-electron chi connectivity index (χ0n) is 11.3. The molecule has 9 heteroatoms. The van der Waals surface area contributed by atoms with Crippen LogP contribution in [-0.2, 0) is 6.54 Å². The van der Waals surface area contributed by atoms with Gasteiger partial charge in [0, 0.05) is 21.3 Å². The van der Waals surface area contributed by atoms with Crippen molar-refractivity contribution in [3.63, 3.8) is 0 Å². The largest absolute Gasteiger partial charge is 0.359 e. The summed E-state index contributed by atoms with van der Waals surface area (Å²) in [5.74, 6) is 0.607. The molecule has 0 aliphatic heterocycles. The van der Waals surface area contributed by atoms with Gasteiger partial charge in [-0.05, 0) is 28.4 Å². The minimum atomic E-state index is -0.490. The molecule has 21 heavy (non-hydrogen) atoms. The van der Waals surface area contributed by atoms with Crippen molar-refractivity contribution in [2.45, 2.75) is 19.9 Å². The topological polar surface area (TPSA) is 93.0 Å². The van der Waals surface area contributed by atoms with E-state index in [0.29, 0.717) is 12.5 Å². The second-order valence-corrected chi connectivity index (χ2v) is 6.11. The fourth-order valence-corrected chi connectivity index (χ4v) is 2.97. The van der Waals surface area contributed by atoms with E-state index >= 15 is 0 Å². The van der Waals surface area contributed by atoms with Crippen molar-refractivity contribution in [2.24, 2.45) is 0 Å². The Morgan fingerprint density at radius 3 is 2.90 bits per heavy atom. The van der Waals surface area contributed by atoms with Crippen LogP contribution in [0.4, 0.5) is 17.5 Å². The molecule has 0 bridgehead atoms. The Hall–Kier alpha value is -1.74. The Bertz CT molecular complexity index is 634. The van der Waals surface area contributed by atoms with E-state index in [1.807, 2.05) is 18.4 Å². The number of nitrogens with one attached hydrogen (secondary N) is 2. The number of hydrogen-bond acceptors (Lipinski definition) is 7. The lowest BCUT2D eigenvalue weighted by Crippen LogP contribution is -2.09. The summed E-state index contributed by atoms with van der Waals surface area (Å²) in [6.07, 6.45) is 2.14. The lowest BCUT2D eigenvalue weighted by molar-refractivity contribution is -0.384. The fraction of sp³-hybridized carbons (Fsp3) is 0.333. The van der Waals surface area contributed by atoms with E-state index in [1.165, 1.54) is 6.20 Å². The van der Waals surface area contributed by atoms with Crippen LogP contribution in [0.3, 0.4) is 0 Å². The minimum absolute atomic E-state index is 0.132. The predicted octanol–water partition coefficient (Wildman–Crippen LogP) is 3.64. The van der Waals surface area contributed by atoms with E-state index in [-0.39, 0.29) is 11.5 Å². The fourth-order valence-electron chi connectivity index (χ4n) is 1.58. The zero-order chi connectivity index (χ0) is 15.2. The lowest BCUT2D eigenvalue weighted by Gasteiger charge is -2.07. The molecule has 2 heterocycles. The van der Waals surface area contributed by atoms with Crippen molar-refractivity contribution in [2.75, 3.05) is 17.2 Å². The van der Waals surface area contributed by atoms with Crippen LogP contribution < -0.4 is 10.6 Å². The molecule has 0 spiro atoms. The Kier molecular flexibility index (Phi) is 5.45. The number of thiophene rings is 1. The highest BCUT2D eigenvalue weighted by Crippen LogP contribution is 2.25. The molecule has 0 aliphatic carbocycles. The standard InChI is InChI=1S/C12H14BrN5O2S/c1-2-3-14-12-16-6-10(18(19)20)11(17-12)15-5-9-4-8(13)7-21-9/h4,6-7H,2-3,5H2,1H3,(H2,14,15,16,17). The van der Waals surface area contributed by atoms with Crippen molar-refractivity contribution in [3.8, 4) is 0 Å². The molecule has 0 saturated heterocycles. The second-order valence-electron chi connectivity index (χ2n) is 4.20. The third-order valence-electron chi connectivity index (χ3n) is 2.55. The van der Waals surface area contributed by atoms with E-state index in [2.05, 4.69) is 36.5 Å². The maximum absolute atomic E-state index is 11.0. The molecule has 2 aromatic rings. The highest BCUT2D eigenvalue weighted by atomic mass is 79.9. The lowest BCUT2D eigenvalue weighted by atomic mass is 10.4. The molecule has 0 amide bonds. The third kappa shape index (κ3) is 4.36. The third-order valence-corrected chi connectivity index (χ3v) is 4.25. The van der Waals surface area contributed by atoms with Gasteiger partial charge in [-0.15, -0.1) is 11.3 Å². The van der Waals surface area contributed by atoms with Gasteiger partial charge in [0.25, 0.3) is 0 Å². The van der Waals surface area contributed by atoms with Crippen LogP contribution in [0, 0.1) is 10.1 Å². The minimum Gasteiger partial charge on any atom is -0.359 e.